The monoisotopic (exact) mass is 261 g/mol. The van der Waals surface area contributed by atoms with E-state index in [1.54, 1.807) is 6.92 Å². The Hall–Kier alpha value is -2.30. The van der Waals surface area contributed by atoms with Gasteiger partial charge in [-0.15, -0.1) is 0 Å². The van der Waals surface area contributed by atoms with E-state index in [9.17, 15) is 9.59 Å². The number of amides is 1. The third-order valence-corrected chi connectivity index (χ3v) is 2.92. The van der Waals surface area contributed by atoms with E-state index >= 15 is 0 Å². The molecule has 1 heterocycles. The van der Waals surface area contributed by atoms with Gasteiger partial charge in [0.1, 0.15) is 11.3 Å². The Kier molecular flexibility index (Phi) is 3.55. The van der Waals surface area contributed by atoms with Gasteiger partial charge in [-0.25, -0.2) is 0 Å². The first-order valence-electron chi connectivity index (χ1n) is 5.96. The van der Waals surface area contributed by atoms with Crippen molar-refractivity contribution in [3.05, 3.63) is 35.6 Å². The third-order valence-electron chi connectivity index (χ3n) is 2.92. The first-order chi connectivity index (χ1) is 8.99. The molecule has 0 aliphatic heterocycles. The number of aryl methyl sites for hydroxylation is 1. The number of benzene rings is 1. The van der Waals surface area contributed by atoms with Crippen molar-refractivity contribution in [1.82, 2.24) is 5.32 Å². The highest BCUT2D eigenvalue weighted by Gasteiger charge is 2.23. The molecule has 1 atom stereocenters. The Morgan fingerprint density at radius 1 is 1.37 bits per heavy atom. The standard InChI is InChI=1S/C14H15NO4/c1-8-14(10-5-3-4-6-12(10)19-8)11(7-13(17)18)15-9(2)16/h3-6,11H,7H2,1-2H3,(H,15,16)(H,17,18). The smallest absolute Gasteiger partial charge is 0.305 e. The van der Waals surface area contributed by atoms with Gasteiger partial charge in [0.25, 0.3) is 0 Å². The number of nitrogens with one attached hydrogen (secondary N) is 1. The van der Waals surface area contributed by atoms with Crippen LogP contribution in [0.3, 0.4) is 0 Å². The van der Waals surface area contributed by atoms with Crippen LogP contribution in [-0.2, 0) is 9.59 Å². The average Bonchev–Trinajstić information content (AvgIpc) is 2.62. The quantitative estimate of drug-likeness (QED) is 0.885. The van der Waals surface area contributed by atoms with E-state index in [0.717, 1.165) is 10.9 Å². The molecule has 1 unspecified atom stereocenters. The molecule has 0 aliphatic rings. The summed E-state index contributed by atoms with van der Waals surface area (Å²) in [5.41, 5.74) is 1.42. The molecule has 0 saturated heterocycles. The Morgan fingerprint density at radius 2 is 2.05 bits per heavy atom. The molecule has 0 saturated carbocycles. The van der Waals surface area contributed by atoms with Crippen LogP contribution in [0.1, 0.15) is 30.7 Å². The highest BCUT2D eigenvalue weighted by molar-refractivity contribution is 5.85. The number of aliphatic carboxylic acids is 1. The summed E-state index contributed by atoms with van der Waals surface area (Å²) in [6.07, 6.45) is -0.177. The lowest BCUT2D eigenvalue weighted by Gasteiger charge is -2.15. The van der Waals surface area contributed by atoms with Gasteiger partial charge in [-0.3, -0.25) is 9.59 Å². The SMILES string of the molecule is CC(=O)NC(CC(=O)O)c1c(C)oc2ccccc12. The molecule has 100 valence electrons. The number of carboxylic acid groups (broad SMARTS) is 1. The Labute approximate surface area is 110 Å². The van der Waals surface area contributed by atoms with Crippen LogP contribution in [0.5, 0.6) is 0 Å². The number of hydrogen-bond acceptors (Lipinski definition) is 3. The van der Waals surface area contributed by atoms with E-state index in [1.165, 1.54) is 6.92 Å². The van der Waals surface area contributed by atoms with Crippen LogP contribution in [-0.4, -0.2) is 17.0 Å². The van der Waals surface area contributed by atoms with Crippen LogP contribution in [0.4, 0.5) is 0 Å². The molecule has 0 fully saturated rings. The van der Waals surface area contributed by atoms with Crippen molar-refractivity contribution in [2.75, 3.05) is 0 Å². The van der Waals surface area contributed by atoms with E-state index in [4.69, 9.17) is 9.52 Å². The summed E-state index contributed by atoms with van der Waals surface area (Å²) >= 11 is 0. The molecule has 2 aromatic rings. The fourth-order valence-electron chi connectivity index (χ4n) is 2.27. The molecule has 19 heavy (non-hydrogen) atoms. The maximum atomic E-state index is 11.2. The van der Waals surface area contributed by atoms with Crippen molar-refractivity contribution < 1.29 is 19.1 Å². The number of para-hydroxylation sites is 1. The number of rotatable bonds is 4. The molecule has 0 spiro atoms. The van der Waals surface area contributed by atoms with Gasteiger partial charge in [0, 0.05) is 17.9 Å². The predicted molar refractivity (Wildman–Crippen MR) is 69.8 cm³/mol. The summed E-state index contributed by atoms with van der Waals surface area (Å²) in [5.74, 6) is -0.611. The van der Waals surface area contributed by atoms with Gasteiger partial charge in [-0.2, -0.15) is 0 Å². The fraction of sp³-hybridized carbons (Fsp3) is 0.286. The molecule has 2 N–H and O–H groups in total. The summed E-state index contributed by atoms with van der Waals surface area (Å²) in [4.78, 5) is 22.2. The predicted octanol–water partition coefficient (Wildman–Crippen LogP) is 2.39. The Balaban J connectivity index is 2.51. The van der Waals surface area contributed by atoms with Crippen molar-refractivity contribution in [1.29, 1.82) is 0 Å². The summed E-state index contributed by atoms with van der Waals surface area (Å²) in [5, 5.41) is 12.5. The van der Waals surface area contributed by atoms with Crippen molar-refractivity contribution in [2.24, 2.45) is 0 Å². The lowest BCUT2D eigenvalue weighted by atomic mass is 10.00. The van der Waals surface area contributed by atoms with Gasteiger partial charge in [0.2, 0.25) is 5.91 Å². The Bertz CT molecular complexity index is 613. The fourth-order valence-corrected chi connectivity index (χ4v) is 2.27. The zero-order valence-corrected chi connectivity index (χ0v) is 10.8. The van der Waals surface area contributed by atoms with Gasteiger partial charge in [0.15, 0.2) is 0 Å². The molecule has 1 aromatic heterocycles. The van der Waals surface area contributed by atoms with E-state index in [-0.39, 0.29) is 12.3 Å². The van der Waals surface area contributed by atoms with Crippen LogP contribution in [0.15, 0.2) is 28.7 Å². The van der Waals surface area contributed by atoms with Gasteiger partial charge in [-0.05, 0) is 13.0 Å². The van der Waals surface area contributed by atoms with Crippen LogP contribution < -0.4 is 5.32 Å². The molecule has 0 aliphatic carbocycles. The number of fused-ring (bicyclic) bond motifs is 1. The van der Waals surface area contributed by atoms with Gasteiger partial charge in [-0.1, -0.05) is 18.2 Å². The maximum absolute atomic E-state index is 11.2. The summed E-state index contributed by atoms with van der Waals surface area (Å²) in [7, 11) is 0. The van der Waals surface area contributed by atoms with Gasteiger partial charge >= 0.3 is 5.97 Å². The number of furan rings is 1. The zero-order chi connectivity index (χ0) is 14.0. The molecular formula is C14H15NO4. The highest BCUT2D eigenvalue weighted by atomic mass is 16.4. The number of hydrogen-bond donors (Lipinski definition) is 2. The third kappa shape index (κ3) is 2.76. The van der Waals surface area contributed by atoms with Gasteiger partial charge < -0.3 is 14.8 Å². The number of carbonyl (C=O) groups is 2. The van der Waals surface area contributed by atoms with Crippen LogP contribution in [0, 0.1) is 6.92 Å². The maximum Gasteiger partial charge on any atom is 0.305 e. The first kappa shape index (κ1) is 13.1. The van der Waals surface area contributed by atoms with Crippen LogP contribution in [0.2, 0.25) is 0 Å². The largest absolute Gasteiger partial charge is 0.481 e. The van der Waals surface area contributed by atoms with E-state index in [1.807, 2.05) is 24.3 Å². The molecular weight excluding hydrogens is 246 g/mol. The topological polar surface area (TPSA) is 79.5 Å². The first-order valence-corrected chi connectivity index (χ1v) is 5.96. The molecule has 5 nitrogen and oxygen atoms in total. The molecule has 2 rings (SSSR count). The highest BCUT2D eigenvalue weighted by Crippen LogP contribution is 2.31. The average molecular weight is 261 g/mol. The summed E-state index contributed by atoms with van der Waals surface area (Å²) < 4.78 is 5.60. The number of carbonyl (C=O) groups excluding carboxylic acids is 1. The van der Waals surface area contributed by atoms with Crippen LogP contribution >= 0.6 is 0 Å². The minimum absolute atomic E-state index is 0.177. The Morgan fingerprint density at radius 3 is 2.68 bits per heavy atom. The lowest BCUT2D eigenvalue weighted by molar-refractivity contribution is -0.137. The second-order valence-electron chi connectivity index (χ2n) is 4.42. The second-order valence-corrected chi connectivity index (χ2v) is 4.42. The molecule has 0 bridgehead atoms. The lowest BCUT2D eigenvalue weighted by Crippen LogP contribution is -2.28. The zero-order valence-electron chi connectivity index (χ0n) is 10.8. The number of carboxylic acids is 1. The molecule has 1 amide bonds. The van der Waals surface area contributed by atoms with Crippen molar-refractivity contribution in [3.63, 3.8) is 0 Å². The normalized spacial score (nSPS) is 12.3. The van der Waals surface area contributed by atoms with E-state index in [2.05, 4.69) is 5.32 Å². The van der Waals surface area contributed by atoms with Crippen LogP contribution in [0.25, 0.3) is 11.0 Å². The summed E-state index contributed by atoms with van der Waals surface area (Å²) in [6, 6.07) is 6.79. The molecule has 0 radical (unpaired) electrons. The minimum atomic E-state index is -0.969. The molecule has 5 heteroatoms. The second kappa shape index (κ2) is 5.14. The van der Waals surface area contributed by atoms with Gasteiger partial charge in [0.05, 0.1) is 12.5 Å². The van der Waals surface area contributed by atoms with Crippen molar-refractivity contribution >= 4 is 22.8 Å². The van der Waals surface area contributed by atoms with Crippen molar-refractivity contribution in [2.45, 2.75) is 26.3 Å². The van der Waals surface area contributed by atoms with E-state index in [0.29, 0.717) is 11.3 Å². The van der Waals surface area contributed by atoms with Crippen molar-refractivity contribution in [3.8, 4) is 0 Å². The summed E-state index contributed by atoms with van der Waals surface area (Å²) in [6.45, 7) is 3.14. The van der Waals surface area contributed by atoms with E-state index < -0.39 is 12.0 Å². The minimum Gasteiger partial charge on any atom is -0.481 e. The molecule has 1 aromatic carbocycles.